The highest BCUT2D eigenvalue weighted by molar-refractivity contribution is 6.17. The van der Waals surface area contributed by atoms with E-state index in [1.54, 1.807) is 0 Å². The van der Waals surface area contributed by atoms with Crippen LogP contribution in [-0.4, -0.2) is 23.7 Å². The van der Waals surface area contributed by atoms with Crippen LogP contribution in [0.25, 0.3) is 128 Å². The summed E-state index contributed by atoms with van der Waals surface area (Å²) in [5, 5.41) is 7.08. The molecule has 0 aliphatic heterocycles. The summed E-state index contributed by atoms with van der Waals surface area (Å²) < 4.78 is 7.19. The van der Waals surface area contributed by atoms with Crippen molar-refractivity contribution in [1.29, 1.82) is 0 Å². The summed E-state index contributed by atoms with van der Waals surface area (Å²) in [5.41, 5.74) is 17.0. The van der Waals surface area contributed by atoms with Crippen molar-refractivity contribution < 1.29 is 0 Å². The predicted molar refractivity (Wildman–Crippen MR) is 287 cm³/mol. The summed E-state index contributed by atoms with van der Waals surface area (Å²) in [7, 11) is 0. The first-order valence-corrected chi connectivity index (χ1v) is 23.5. The highest BCUT2D eigenvalue weighted by atomic mass is 15.2. The van der Waals surface area contributed by atoms with Gasteiger partial charge in [-0.05, 0) is 89.0 Å². The molecule has 0 spiro atoms. The highest BCUT2D eigenvalue weighted by Gasteiger charge is 2.24. The Morgan fingerprint density at radius 1 is 0.246 bits per heavy atom. The van der Waals surface area contributed by atoms with Gasteiger partial charge < -0.3 is 9.13 Å². The summed E-state index contributed by atoms with van der Waals surface area (Å²) in [4.78, 5) is 11.2. The fourth-order valence-corrected chi connectivity index (χ4v) is 10.8. The van der Waals surface area contributed by atoms with E-state index in [9.17, 15) is 0 Å². The molecule has 0 amide bonds. The van der Waals surface area contributed by atoms with Crippen molar-refractivity contribution >= 4 is 65.4 Å². The van der Waals surface area contributed by atoms with E-state index >= 15 is 0 Å². The van der Waals surface area contributed by atoms with E-state index in [0.717, 1.165) is 100 Å². The maximum Gasteiger partial charge on any atom is 0.235 e. The predicted octanol–water partition coefficient (Wildman–Crippen LogP) is 16.4. The van der Waals surface area contributed by atoms with Crippen LogP contribution in [0.3, 0.4) is 0 Å². The fraction of sp³-hybridized carbons (Fsp3) is 0. The summed E-state index contributed by atoms with van der Waals surface area (Å²) in [5.74, 6) is 0.594. The second-order valence-electron chi connectivity index (χ2n) is 17.8. The van der Waals surface area contributed by atoms with Crippen molar-refractivity contribution in [3.8, 4) is 62.1 Å². The first-order valence-electron chi connectivity index (χ1n) is 23.5. The number of aromatic nitrogens is 5. The Bertz CT molecular complexity index is 4130. The first kappa shape index (κ1) is 38.9. The monoisotopic (exact) mass is 879 g/mol. The van der Waals surface area contributed by atoms with Crippen molar-refractivity contribution in [3.05, 3.63) is 249 Å². The second kappa shape index (κ2) is 15.7. The molecule has 14 rings (SSSR count). The lowest BCUT2D eigenvalue weighted by atomic mass is 9.94. The molecule has 10 aromatic carbocycles. The maximum atomic E-state index is 5.66. The minimum atomic E-state index is 0.594. The van der Waals surface area contributed by atoms with E-state index in [2.05, 4.69) is 262 Å². The van der Waals surface area contributed by atoms with Gasteiger partial charge in [-0.25, -0.2) is 9.97 Å². The molecule has 0 radical (unpaired) electrons. The Balaban J connectivity index is 1.12. The van der Waals surface area contributed by atoms with Gasteiger partial charge in [-0.2, -0.15) is 0 Å². The van der Waals surface area contributed by atoms with Crippen molar-refractivity contribution in [2.75, 3.05) is 0 Å². The zero-order valence-electron chi connectivity index (χ0n) is 37.4. The number of rotatable bonds is 7. The van der Waals surface area contributed by atoms with E-state index in [-0.39, 0.29) is 0 Å². The molecule has 0 aliphatic rings. The van der Waals surface area contributed by atoms with Crippen LogP contribution >= 0.6 is 0 Å². The molecule has 0 N–H and O–H groups in total. The largest absolute Gasteiger partial charge is 0.309 e. The smallest absolute Gasteiger partial charge is 0.235 e. The normalized spacial score (nSPS) is 11.8. The average Bonchev–Trinajstić information content (AvgIpc) is 4.07. The number of hydrogen-bond donors (Lipinski definition) is 0. The fourth-order valence-electron chi connectivity index (χ4n) is 10.8. The number of nitrogens with zero attached hydrogens (tertiary/aromatic N) is 5. The van der Waals surface area contributed by atoms with Crippen LogP contribution in [0, 0.1) is 0 Å². The van der Waals surface area contributed by atoms with Gasteiger partial charge in [-0.1, -0.05) is 182 Å². The lowest BCUT2D eigenvalue weighted by molar-refractivity contribution is 0.994. The van der Waals surface area contributed by atoms with Crippen molar-refractivity contribution in [1.82, 2.24) is 23.7 Å². The Morgan fingerprint density at radius 2 is 0.623 bits per heavy atom. The van der Waals surface area contributed by atoms with Crippen LogP contribution in [0.4, 0.5) is 0 Å². The van der Waals surface area contributed by atoms with Gasteiger partial charge in [-0.15, -0.1) is 0 Å². The molecule has 5 nitrogen and oxygen atoms in total. The molecule has 322 valence electrons. The first-order chi connectivity index (χ1) is 34.2. The van der Waals surface area contributed by atoms with Gasteiger partial charge in [0.1, 0.15) is 0 Å². The van der Waals surface area contributed by atoms with Crippen LogP contribution in [0.1, 0.15) is 0 Å². The summed E-state index contributed by atoms with van der Waals surface area (Å²) >= 11 is 0. The van der Waals surface area contributed by atoms with E-state index < -0.39 is 0 Å². The van der Waals surface area contributed by atoms with Gasteiger partial charge in [0.15, 0.2) is 0 Å². The maximum absolute atomic E-state index is 5.66. The highest BCUT2D eigenvalue weighted by Crippen LogP contribution is 2.43. The van der Waals surface area contributed by atoms with Crippen molar-refractivity contribution in [3.63, 3.8) is 0 Å². The third-order valence-corrected chi connectivity index (χ3v) is 13.8. The van der Waals surface area contributed by atoms with E-state index in [0.29, 0.717) is 5.95 Å². The van der Waals surface area contributed by atoms with Crippen molar-refractivity contribution in [2.45, 2.75) is 0 Å². The SMILES string of the molecule is c1ccc(-c2cc(-c3ccccc3)cc(-c3cc(-c4ccccc4)nc(-n4c5ccccc5c5c(-n6c7ccccc7c7ccccc76)cc(-n6c7ccccc7c7ccccc76)cc54)n3)c2)cc1. The molecular weight excluding hydrogens is 839 g/mol. The van der Waals surface area contributed by atoms with E-state index in [1.807, 2.05) is 0 Å². The van der Waals surface area contributed by atoms with Crippen LogP contribution in [-0.2, 0) is 0 Å². The Labute approximate surface area is 398 Å². The minimum Gasteiger partial charge on any atom is -0.309 e. The molecule has 0 saturated heterocycles. The molecule has 0 saturated carbocycles. The Hall–Kier alpha value is -9.32. The quantitative estimate of drug-likeness (QED) is 0.160. The van der Waals surface area contributed by atoms with Crippen LogP contribution < -0.4 is 0 Å². The number of para-hydroxylation sites is 5. The third-order valence-electron chi connectivity index (χ3n) is 13.8. The van der Waals surface area contributed by atoms with Crippen molar-refractivity contribution in [2.24, 2.45) is 0 Å². The lowest BCUT2D eigenvalue weighted by Gasteiger charge is -2.17. The second-order valence-corrected chi connectivity index (χ2v) is 17.8. The standard InChI is InChI=1S/C64H41N5/c1-4-20-42(21-5-1)45-36-46(43-22-6-2-7-23-43)38-47(37-45)55-41-54(44-24-8-3-9-25-44)65-64(66-55)69-60-35-19-14-30-53(60)63-61(68-58-33-17-12-28-51(58)52-29-13-18-34-59(52)68)39-48(40-62(63)69)67-56-31-15-10-26-49(56)50-27-11-16-32-57(50)67/h1-41H. The molecular formula is C64H41N5. The molecule has 0 fully saturated rings. The molecule has 0 atom stereocenters. The van der Waals surface area contributed by atoms with Gasteiger partial charge in [-0.3, -0.25) is 4.57 Å². The Morgan fingerprint density at radius 3 is 1.12 bits per heavy atom. The van der Waals surface area contributed by atoms with E-state index in [4.69, 9.17) is 9.97 Å². The number of hydrogen-bond acceptors (Lipinski definition) is 2. The van der Waals surface area contributed by atoms with Crippen LogP contribution in [0.15, 0.2) is 249 Å². The summed E-state index contributed by atoms with van der Waals surface area (Å²) in [6, 6.07) is 89.3. The minimum absolute atomic E-state index is 0.594. The third kappa shape index (κ3) is 6.25. The number of benzene rings is 10. The Kier molecular flexibility index (Phi) is 8.83. The topological polar surface area (TPSA) is 40.6 Å². The zero-order valence-corrected chi connectivity index (χ0v) is 37.4. The van der Waals surface area contributed by atoms with Gasteiger partial charge in [0, 0.05) is 43.4 Å². The molecule has 0 aliphatic carbocycles. The molecule has 5 heteroatoms. The zero-order chi connectivity index (χ0) is 45.4. The van der Waals surface area contributed by atoms with Gasteiger partial charge in [0.05, 0.1) is 55.9 Å². The molecule has 14 aromatic rings. The van der Waals surface area contributed by atoms with E-state index in [1.165, 1.54) is 21.5 Å². The number of fused-ring (bicyclic) bond motifs is 9. The molecule has 0 bridgehead atoms. The molecule has 4 heterocycles. The van der Waals surface area contributed by atoms with Crippen LogP contribution in [0.5, 0.6) is 0 Å². The average molecular weight is 880 g/mol. The molecule has 0 unspecified atom stereocenters. The van der Waals surface area contributed by atoms with Gasteiger partial charge in [0.25, 0.3) is 0 Å². The molecule has 69 heavy (non-hydrogen) atoms. The summed E-state index contributed by atoms with van der Waals surface area (Å²) in [6.45, 7) is 0. The molecule has 4 aromatic heterocycles. The van der Waals surface area contributed by atoms with Gasteiger partial charge in [0.2, 0.25) is 5.95 Å². The summed E-state index contributed by atoms with van der Waals surface area (Å²) in [6.07, 6.45) is 0. The van der Waals surface area contributed by atoms with Gasteiger partial charge >= 0.3 is 0 Å². The lowest BCUT2D eigenvalue weighted by Crippen LogP contribution is -2.05. The van der Waals surface area contributed by atoms with Crippen LogP contribution in [0.2, 0.25) is 0 Å².